The van der Waals surface area contributed by atoms with E-state index in [4.69, 9.17) is 0 Å². The van der Waals surface area contributed by atoms with Crippen molar-refractivity contribution >= 4 is 33.8 Å². The molecule has 0 heterocycles. The van der Waals surface area contributed by atoms with Crippen LogP contribution in [-0.4, -0.2) is 0 Å². The molecule has 158 valence electrons. The van der Waals surface area contributed by atoms with Crippen molar-refractivity contribution in [2.24, 2.45) is 0 Å². The van der Waals surface area contributed by atoms with E-state index in [0.717, 1.165) is 24.2 Å². The molecule has 1 heteroatoms. The molecule has 33 heavy (non-hydrogen) atoms. The zero-order chi connectivity index (χ0) is 22.0. The van der Waals surface area contributed by atoms with Gasteiger partial charge in [0.2, 0.25) is 0 Å². The van der Waals surface area contributed by atoms with Gasteiger partial charge in [-0.15, -0.1) is 0 Å². The van der Waals surface area contributed by atoms with Crippen LogP contribution < -0.4 is 15.8 Å². The van der Waals surface area contributed by atoms with Crippen molar-refractivity contribution in [2.45, 2.75) is 12.8 Å². The SMILES string of the molecule is C1=c2ccccc2=C(c2cccc(Nc3cccc(-c4cccc5ccccc45)c3)c2)CC1. The molecule has 0 radical (unpaired) electrons. The highest BCUT2D eigenvalue weighted by molar-refractivity contribution is 5.97. The standard InChI is InChI=1S/C32H25N/c1-3-17-29-23(9-1)11-7-19-31(29)25-13-5-15-27(21-25)33-28-16-6-14-26(22-28)32-20-8-12-24-10-2-4-18-30(24)32/h1-7,9-19,21-22,33H,8,20H2. The maximum atomic E-state index is 3.64. The lowest BCUT2D eigenvalue weighted by molar-refractivity contribution is 1.08. The van der Waals surface area contributed by atoms with E-state index in [9.17, 15) is 0 Å². The Bertz CT molecular complexity index is 1590. The summed E-state index contributed by atoms with van der Waals surface area (Å²) in [6.07, 6.45) is 4.52. The second kappa shape index (κ2) is 8.44. The van der Waals surface area contributed by atoms with Gasteiger partial charge < -0.3 is 5.32 Å². The molecular formula is C32H25N. The van der Waals surface area contributed by atoms with Crippen molar-refractivity contribution in [3.05, 3.63) is 131 Å². The molecule has 1 aliphatic rings. The maximum Gasteiger partial charge on any atom is 0.0390 e. The number of nitrogens with one attached hydrogen (secondary N) is 1. The summed E-state index contributed by atoms with van der Waals surface area (Å²) in [5.41, 5.74) is 7.42. The average molecular weight is 424 g/mol. The lowest BCUT2D eigenvalue weighted by Crippen LogP contribution is -2.29. The third kappa shape index (κ3) is 3.83. The van der Waals surface area contributed by atoms with Crippen molar-refractivity contribution in [3.8, 4) is 11.1 Å². The first kappa shape index (κ1) is 19.6. The van der Waals surface area contributed by atoms with E-state index in [1.54, 1.807) is 0 Å². The van der Waals surface area contributed by atoms with Gasteiger partial charge in [-0.3, -0.25) is 0 Å². The van der Waals surface area contributed by atoms with Crippen LogP contribution in [0, 0.1) is 0 Å². The van der Waals surface area contributed by atoms with Crippen LogP contribution in [-0.2, 0) is 0 Å². The highest BCUT2D eigenvalue weighted by Crippen LogP contribution is 2.31. The Balaban J connectivity index is 1.36. The van der Waals surface area contributed by atoms with E-state index < -0.39 is 0 Å². The van der Waals surface area contributed by atoms with Gasteiger partial charge in [0.25, 0.3) is 0 Å². The largest absolute Gasteiger partial charge is 0.355 e. The fourth-order valence-corrected chi connectivity index (χ4v) is 4.95. The summed E-state index contributed by atoms with van der Waals surface area (Å²) >= 11 is 0. The highest BCUT2D eigenvalue weighted by atomic mass is 14.9. The van der Waals surface area contributed by atoms with Gasteiger partial charge in [-0.05, 0) is 80.6 Å². The van der Waals surface area contributed by atoms with E-state index in [-0.39, 0.29) is 0 Å². The quantitative estimate of drug-likeness (QED) is 0.327. The van der Waals surface area contributed by atoms with Gasteiger partial charge in [0.1, 0.15) is 0 Å². The summed E-state index contributed by atoms with van der Waals surface area (Å²) in [7, 11) is 0. The summed E-state index contributed by atoms with van der Waals surface area (Å²) < 4.78 is 0. The summed E-state index contributed by atoms with van der Waals surface area (Å²) in [5, 5.41) is 8.90. The van der Waals surface area contributed by atoms with E-state index in [1.807, 2.05) is 0 Å². The molecule has 0 amide bonds. The predicted molar refractivity (Wildman–Crippen MR) is 141 cm³/mol. The monoisotopic (exact) mass is 423 g/mol. The lowest BCUT2D eigenvalue weighted by Gasteiger charge is -2.14. The van der Waals surface area contributed by atoms with Gasteiger partial charge in [0, 0.05) is 11.4 Å². The molecule has 0 saturated carbocycles. The topological polar surface area (TPSA) is 12.0 Å². The molecule has 0 aliphatic heterocycles. The average Bonchev–Trinajstić information content (AvgIpc) is 2.88. The second-order valence-corrected chi connectivity index (χ2v) is 8.62. The van der Waals surface area contributed by atoms with Crippen LogP contribution in [0.5, 0.6) is 0 Å². The number of fused-ring (bicyclic) bond motifs is 2. The van der Waals surface area contributed by atoms with Crippen molar-refractivity contribution in [1.29, 1.82) is 0 Å². The van der Waals surface area contributed by atoms with Gasteiger partial charge >= 0.3 is 0 Å². The molecule has 0 bridgehead atoms. The van der Waals surface area contributed by atoms with Gasteiger partial charge in [-0.25, -0.2) is 0 Å². The number of rotatable bonds is 4. The van der Waals surface area contributed by atoms with Crippen LogP contribution in [0.3, 0.4) is 0 Å². The molecule has 0 fully saturated rings. The first-order valence-corrected chi connectivity index (χ1v) is 11.6. The van der Waals surface area contributed by atoms with Crippen LogP contribution in [0.2, 0.25) is 0 Å². The Morgan fingerprint density at radius 3 is 2.18 bits per heavy atom. The van der Waals surface area contributed by atoms with E-state index in [0.29, 0.717) is 0 Å². The maximum absolute atomic E-state index is 3.64. The second-order valence-electron chi connectivity index (χ2n) is 8.62. The van der Waals surface area contributed by atoms with Gasteiger partial charge in [0.15, 0.2) is 0 Å². The number of benzene rings is 5. The number of hydrogen-bond donors (Lipinski definition) is 1. The molecule has 0 saturated heterocycles. The molecule has 5 aromatic rings. The molecule has 5 aromatic carbocycles. The molecule has 6 rings (SSSR count). The number of anilines is 2. The Kier molecular flexibility index (Phi) is 5.01. The van der Waals surface area contributed by atoms with Crippen LogP contribution in [0.15, 0.2) is 115 Å². The summed E-state index contributed by atoms with van der Waals surface area (Å²) in [6, 6.07) is 41.3. The van der Waals surface area contributed by atoms with Crippen molar-refractivity contribution in [3.63, 3.8) is 0 Å². The molecule has 0 atom stereocenters. The minimum atomic E-state index is 1.08. The highest BCUT2D eigenvalue weighted by Gasteiger charge is 2.09. The van der Waals surface area contributed by atoms with Crippen molar-refractivity contribution < 1.29 is 0 Å². The van der Waals surface area contributed by atoms with Gasteiger partial charge in [0.05, 0.1) is 0 Å². The lowest BCUT2D eigenvalue weighted by atomic mass is 9.93. The Morgan fingerprint density at radius 2 is 1.27 bits per heavy atom. The van der Waals surface area contributed by atoms with E-state index >= 15 is 0 Å². The van der Waals surface area contributed by atoms with Crippen molar-refractivity contribution in [2.75, 3.05) is 5.32 Å². The van der Waals surface area contributed by atoms with Crippen LogP contribution in [0.1, 0.15) is 18.4 Å². The third-order valence-electron chi connectivity index (χ3n) is 6.51. The smallest absolute Gasteiger partial charge is 0.0390 e. The van der Waals surface area contributed by atoms with E-state index in [2.05, 4.69) is 127 Å². The summed E-state index contributed by atoms with van der Waals surface area (Å²) in [5.74, 6) is 0. The Morgan fingerprint density at radius 1 is 0.576 bits per heavy atom. The zero-order valence-corrected chi connectivity index (χ0v) is 18.5. The van der Waals surface area contributed by atoms with Crippen LogP contribution in [0.4, 0.5) is 11.4 Å². The summed E-state index contributed by atoms with van der Waals surface area (Å²) in [4.78, 5) is 0. The fourth-order valence-electron chi connectivity index (χ4n) is 4.95. The molecule has 0 aromatic heterocycles. The first-order chi connectivity index (χ1) is 16.3. The fraction of sp³-hybridized carbons (Fsp3) is 0.0625. The van der Waals surface area contributed by atoms with Crippen LogP contribution >= 0.6 is 0 Å². The van der Waals surface area contributed by atoms with Gasteiger partial charge in [-0.1, -0.05) is 97.1 Å². The third-order valence-corrected chi connectivity index (χ3v) is 6.51. The molecule has 1 N–H and O–H groups in total. The molecular weight excluding hydrogens is 398 g/mol. The first-order valence-electron chi connectivity index (χ1n) is 11.6. The minimum Gasteiger partial charge on any atom is -0.355 e. The summed E-state index contributed by atoms with van der Waals surface area (Å²) in [6.45, 7) is 0. The van der Waals surface area contributed by atoms with Gasteiger partial charge in [-0.2, -0.15) is 0 Å². The van der Waals surface area contributed by atoms with Crippen molar-refractivity contribution in [1.82, 2.24) is 0 Å². The number of hydrogen-bond acceptors (Lipinski definition) is 1. The van der Waals surface area contributed by atoms with E-state index in [1.165, 1.54) is 43.5 Å². The molecule has 1 aliphatic carbocycles. The molecule has 0 unspecified atom stereocenters. The molecule has 0 spiro atoms. The normalized spacial score (nSPS) is 12.8. The predicted octanol–water partition coefficient (Wildman–Crippen LogP) is 7.02. The zero-order valence-electron chi connectivity index (χ0n) is 18.5. The molecule has 1 nitrogen and oxygen atoms in total. The van der Waals surface area contributed by atoms with Crippen LogP contribution in [0.25, 0.3) is 33.5 Å². The Hall–Kier alpha value is -4.10. The minimum absolute atomic E-state index is 1.08. The Labute approximate surface area is 194 Å².